The number of hydrogen-bond donors (Lipinski definition) is 1. The highest BCUT2D eigenvalue weighted by Crippen LogP contribution is 2.30. The molecule has 0 radical (unpaired) electrons. The van der Waals surface area contributed by atoms with Gasteiger partial charge in [-0.25, -0.2) is 8.78 Å². The van der Waals surface area contributed by atoms with Gasteiger partial charge in [0, 0.05) is 11.3 Å². The van der Waals surface area contributed by atoms with Gasteiger partial charge in [0.15, 0.2) is 0 Å². The summed E-state index contributed by atoms with van der Waals surface area (Å²) in [5.41, 5.74) is 2.58. The summed E-state index contributed by atoms with van der Waals surface area (Å²) < 4.78 is 29.7. The fourth-order valence-corrected chi connectivity index (χ4v) is 3.61. The van der Waals surface area contributed by atoms with Crippen molar-refractivity contribution < 1.29 is 13.6 Å². The van der Waals surface area contributed by atoms with Crippen molar-refractivity contribution >= 4 is 5.91 Å². The Hall–Kier alpha value is -3.02. The monoisotopic (exact) mass is 367 g/mol. The summed E-state index contributed by atoms with van der Waals surface area (Å²) >= 11 is 0. The van der Waals surface area contributed by atoms with Crippen molar-refractivity contribution in [2.45, 2.75) is 31.8 Å². The van der Waals surface area contributed by atoms with Crippen LogP contribution in [0, 0.1) is 11.6 Å². The number of rotatable bonds is 4. The van der Waals surface area contributed by atoms with Gasteiger partial charge in [-0.3, -0.25) is 9.48 Å². The summed E-state index contributed by atoms with van der Waals surface area (Å²) in [5, 5.41) is 7.25. The third kappa shape index (κ3) is 3.47. The zero-order valence-electron chi connectivity index (χ0n) is 14.7. The van der Waals surface area contributed by atoms with Gasteiger partial charge in [0.2, 0.25) is 0 Å². The molecule has 0 saturated heterocycles. The molecule has 6 heteroatoms. The van der Waals surface area contributed by atoms with E-state index in [0.717, 1.165) is 41.8 Å². The molecule has 2 aromatic carbocycles. The molecule has 1 atom stereocenters. The Morgan fingerprint density at radius 1 is 1.11 bits per heavy atom. The fourth-order valence-electron chi connectivity index (χ4n) is 3.61. The number of nitrogens with zero attached hydrogens (tertiary/aromatic N) is 2. The van der Waals surface area contributed by atoms with E-state index in [1.807, 2.05) is 35.0 Å². The van der Waals surface area contributed by atoms with E-state index in [0.29, 0.717) is 13.0 Å². The Balaban J connectivity index is 1.56. The second-order valence-corrected chi connectivity index (χ2v) is 6.70. The quantitative estimate of drug-likeness (QED) is 0.757. The molecule has 1 heterocycles. The predicted molar refractivity (Wildman–Crippen MR) is 97.3 cm³/mol. The van der Waals surface area contributed by atoms with Crippen LogP contribution in [0.3, 0.4) is 0 Å². The van der Waals surface area contributed by atoms with Crippen LogP contribution in [0.15, 0.2) is 54.7 Å². The Morgan fingerprint density at radius 2 is 1.85 bits per heavy atom. The maximum Gasteiger partial charge on any atom is 0.257 e. The topological polar surface area (TPSA) is 46.9 Å². The fraction of sp³-hybridized carbons (Fsp3) is 0.238. The van der Waals surface area contributed by atoms with Crippen molar-refractivity contribution in [2.24, 2.45) is 0 Å². The number of nitrogens with one attached hydrogen (secondary N) is 1. The maximum atomic E-state index is 13.9. The first-order chi connectivity index (χ1) is 13.1. The zero-order chi connectivity index (χ0) is 18.8. The molecule has 4 rings (SSSR count). The number of carbonyl (C=O) groups excluding carboxylic acids is 1. The van der Waals surface area contributed by atoms with Gasteiger partial charge >= 0.3 is 0 Å². The first-order valence-electron chi connectivity index (χ1n) is 8.97. The Kier molecular flexibility index (Phi) is 4.71. The van der Waals surface area contributed by atoms with Gasteiger partial charge < -0.3 is 5.32 Å². The summed E-state index contributed by atoms with van der Waals surface area (Å²) in [4.78, 5) is 12.4. The summed E-state index contributed by atoms with van der Waals surface area (Å²) in [5.74, 6) is -2.45. The minimum atomic E-state index is -0.858. The standard InChI is InChI=1S/C21H19F2N3O/c22-16-8-4-9-17(23)20(16)21(27)25-18-10-5-11-19-15(18)12-24-26(19)13-14-6-2-1-3-7-14/h1-4,6-9,12,18H,5,10-11,13H2,(H,25,27)/t18-/m1/s1. The molecule has 1 aliphatic rings. The lowest BCUT2D eigenvalue weighted by Gasteiger charge is -2.24. The molecule has 138 valence electrons. The number of benzene rings is 2. The molecule has 1 aliphatic carbocycles. The van der Waals surface area contributed by atoms with E-state index < -0.39 is 23.1 Å². The molecule has 0 unspecified atom stereocenters. The lowest BCUT2D eigenvalue weighted by atomic mass is 9.92. The van der Waals surface area contributed by atoms with Gasteiger partial charge in [-0.15, -0.1) is 0 Å². The van der Waals surface area contributed by atoms with Crippen LogP contribution >= 0.6 is 0 Å². The van der Waals surface area contributed by atoms with E-state index in [9.17, 15) is 13.6 Å². The number of fused-ring (bicyclic) bond motifs is 1. The number of amides is 1. The van der Waals surface area contributed by atoms with Crippen LogP contribution in [-0.4, -0.2) is 15.7 Å². The normalized spacial score (nSPS) is 16.0. The van der Waals surface area contributed by atoms with Crippen molar-refractivity contribution in [3.63, 3.8) is 0 Å². The third-order valence-electron chi connectivity index (χ3n) is 4.93. The Morgan fingerprint density at radius 3 is 2.59 bits per heavy atom. The van der Waals surface area contributed by atoms with E-state index in [-0.39, 0.29) is 6.04 Å². The summed E-state index contributed by atoms with van der Waals surface area (Å²) in [6, 6.07) is 13.1. The number of carbonyl (C=O) groups is 1. The van der Waals surface area contributed by atoms with Crippen LogP contribution in [0.2, 0.25) is 0 Å². The summed E-state index contributed by atoms with van der Waals surface area (Å²) in [7, 11) is 0. The second kappa shape index (κ2) is 7.31. The number of aromatic nitrogens is 2. The van der Waals surface area contributed by atoms with E-state index >= 15 is 0 Å². The van der Waals surface area contributed by atoms with Crippen molar-refractivity contribution in [1.29, 1.82) is 0 Å². The zero-order valence-corrected chi connectivity index (χ0v) is 14.7. The second-order valence-electron chi connectivity index (χ2n) is 6.70. The van der Waals surface area contributed by atoms with Crippen molar-refractivity contribution in [2.75, 3.05) is 0 Å². The third-order valence-corrected chi connectivity index (χ3v) is 4.93. The van der Waals surface area contributed by atoms with E-state index in [1.54, 1.807) is 6.20 Å². The lowest BCUT2D eigenvalue weighted by molar-refractivity contribution is 0.0924. The molecule has 27 heavy (non-hydrogen) atoms. The van der Waals surface area contributed by atoms with Crippen LogP contribution in [-0.2, 0) is 13.0 Å². The molecule has 4 nitrogen and oxygen atoms in total. The molecular formula is C21H19F2N3O. The van der Waals surface area contributed by atoms with Crippen molar-refractivity contribution in [3.05, 3.63) is 88.7 Å². The van der Waals surface area contributed by atoms with Crippen LogP contribution in [0.1, 0.15) is 46.1 Å². The Labute approximate surface area is 155 Å². The first kappa shape index (κ1) is 17.4. The molecule has 0 spiro atoms. The molecular weight excluding hydrogens is 348 g/mol. The van der Waals surface area contributed by atoms with Gasteiger partial charge in [0.25, 0.3) is 5.91 Å². The highest BCUT2D eigenvalue weighted by molar-refractivity contribution is 5.95. The van der Waals surface area contributed by atoms with Gasteiger partial charge in [-0.05, 0) is 37.0 Å². The average molecular weight is 367 g/mol. The van der Waals surface area contributed by atoms with Crippen molar-refractivity contribution in [3.8, 4) is 0 Å². The van der Waals surface area contributed by atoms with Crippen molar-refractivity contribution in [1.82, 2.24) is 15.1 Å². The molecule has 1 aromatic heterocycles. The number of halogens is 2. The minimum absolute atomic E-state index is 0.301. The van der Waals surface area contributed by atoms with E-state index in [2.05, 4.69) is 10.4 Å². The van der Waals surface area contributed by atoms with Crippen LogP contribution in [0.5, 0.6) is 0 Å². The Bertz CT molecular complexity index is 949. The van der Waals surface area contributed by atoms with Gasteiger partial charge in [0.05, 0.1) is 18.8 Å². The summed E-state index contributed by atoms with van der Waals surface area (Å²) in [6.45, 7) is 0.652. The van der Waals surface area contributed by atoms with Gasteiger partial charge in [-0.2, -0.15) is 5.10 Å². The van der Waals surface area contributed by atoms with Crippen LogP contribution < -0.4 is 5.32 Å². The van der Waals surface area contributed by atoms with Gasteiger partial charge in [-0.1, -0.05) is 36.4 Å². The average Bonchev–Trinajstić information content (AvgIpc) is 3.06. The number of hydrogen-bond acceptors (Lipinski definition) is 2. The molecule has 0 fully saturated rings. The molecule has 0 bridgehead atoms. The van der Waals surface area contributed by atoms with Crippen LogP contribution in [0.25, 0.3) is 0 Å². The molecule has 1 amide bonds. The maximum absolute atomic E-state index is 13.9. The SMILES string of the molecule is O=C(N[C@@H]1CCCc2c1cnn2Cc1ccccc1)c1c(F)cccc1F. The lowest BCUT2D eigenvalue weighted by Crippen LogP contribution is -2.32. The summed E-state index contributed by atoms with van der Waals surface area (Å²) in [6.07, 6.45) is 4.20. The van der Waals surface area contributed by atoms with Gasteiger partial charge in [0.1, 0.15) is 17.2 Å². The predicted octanol–water partition coefficient (Wildman–Crippen LogP) is 4.02. The molecule has 3 aromatic rings. The smallest absolute Gasteiger partial charge is 0.257 e. The largest absolute Gasteiger partial charge is 0.345 e. The minimum Gasteiger partial charge on any atom is -0.345 e. The van der Waals surface area contributed by atoms with Crippen LogP contribution in [0.4, 0.5) is 8.78 Å². The highest BCUT2D eigenvalue weighted by Gasteiger charge is 2.27. The van der Waals surface area contributed by atoms with E-state index in [1.165, 1.54) is 6.07 Å². The first-order valence-corrected chi connectivity index (χ1v) is 8.97. The highest BCUT2D eigenvalue weighted by atomic mass is 19.1. The molecule has 1 N–H and O–H groups in total. The molecule has 0 saturated carbocycles. The molecule has 0 aliphatic heterocycles. The van der Waals surface area contributed by atoms with E-state index in [4.69, 9.17) is 0 Å².